The Labute approximate surface area is 65.3 Å². The summed E-state index contributed by atoms with van der Waals surface area (Å²) in [6.07, 6.45) is -5.03. The van der Waals surface area contributed by atoms with Crippen molar-refractivity contribution in [2.45, 2.75) is 18.5 Å². The van der Waals surface area contributed by atoms with Crippen molar-refractivity contribution in [2.75, 3.05) is 0 Å². The number of halogens is 4. The molecule has 11 heavy (non-hydrogen) atoms. The van der Waals surface area contributed by atoms with Crippen molar-refractivity contribution in [3.63, 3.8) is 0 Å². The van der Waals surface area contributed by atoms with Crippen molar-refractivity contribution >= 4 is 23.2 Å². The molecule has 0 bridgehead atoms. The van der Waals surface area contributed by atoms with Crippen molar-refractivity contribution in [1.82, 2.24) is 0 Å². The van der Waals surface area contributed by atoms with Crippen LogP contribution >= 0.6 is 11.6 Å². The lowest BCUT2D eigenvalue weighted by Gasteiger charge is -2.06. The van der Waals surface area contributed by atoms with Crippen molar-refractivity contribution in [3.8, 4) is 0 Å². The summed E-state index contributed by atoms with van der Waals surface area (Å²) < 4.78 is 34.4. The lowest BCUT2D eigenvalue weighted by molar-refractivity contribution is -0.171. The van der Waals surface area contributed by atoms with E-state index in [0.29, 0.717) is 0 Å². The van der Waals surface area contributed by atoms with Gasteiger partial charge in [0.25, 0.3) is 5.78 Å². The fourth-order valence-corrected chi connectivity index (χ4v) is 0.452. The van der Waals surface area contributed by atoms with Gasteiger partial charge in [-0.25, -0.2) is 0 Å². The van der Waals surface area contributed by atoms with E-state index in [1.165, 1.54) is 0 Å². The molecule has 0 N–H and O–H groups in total. The summed E-state index contributed by atoms with van der Waals surface area (Å²) in [5.41, 5.74) is 0. The lowest BCUT2D eigenvalue weighted by Crippen LogP contribution is -2.35. The number of Topliss-reactive ketones (excluding diaryl/α,β-unsaturated/α-hetero) is 2. The summed E-state index contributed by atoms with van der Waals surface area (Å²) in [5.74, 6) is -3.22. The Kier molecular flexibility index (Phi) is 3.04. The Morgan fingerprint density at radius 3 is 1.82 bits per heavy atom. The first kappa shape index (κ1) is 10.4. The SMILES string of the molecule is CC(=O)[C@H](Cl)C(=O)C(F)(F)F. The number of rotatable bonds is 2. The molecule has 0 saturated carbocycles. The van der Waals surface area contributed by atoms with Gasteiger partial charge in [0, 0.05) is 0 Å². The topological polar surface area (TPSA) is 34.1 Å². The zero-order valence-corrected chi connectivity index (χ0v) is 6.16. The standard InChI is InChI=1S/C5H4ClF3O2/c1-2(10)3(6)4(11)5(7,8)9/h3H,1H3/t3-/m0/s1. The van der Waals surface area contributed by atoms with Crippen LogP contribution in [0.2, 0.25) is 0 Å². The predicted octanol–water partition coefficient (Wildman–Crippen LogP) is 1.31. The molecule has 6 heteroatoms. The minimum atomic E-state index is -5.03. The van der Waals surface area contributed by atoms with Crippen LogP contribution in [0.15, 0.2) is 0 Å². The van der Waals surface area contributed by atoms with Crippen LogP contribution in [0.1, 0.15) is 6.92 Å². The Hall–Kier alpha value is -0.580. The Bertz CT molecular complexity index is 187. The largest absolute Gasteiger partial charge is 0.452 e. The van der Waals surface area contributed by atoms with Crippen molar-refractivity contribution in [1.29, 1.82) is 0 Å². The first-order valence-electron chi connectivity index (χ1n) is 2.52. The molecule has 0 aromatic rings. The van der Waals surface area contributed by atoms with Crippen molar-refractivity contribution < 1.29 is 22.8 Å². The second-order valence-corrected chi connectivity index (χ2v) is 2.27. The van der Waals surface area contributed by atoms with Gasteiger partial charge in [-0.1, -0.05) is 0 Å². The van der Waals surface area contributed by atoms with Crippen LogP contribution in [-0.2, 0) is 9.59 Å². The molecule has 0 radical (unpaired) electrons. The monoisotopic (exact) mass is 188 g/mol. The fourth-order valence-electron chi connectivity index (χ4n) is 0.328. The van der Waals surface area contributed by atoms with Crippen molar-refractivity contribution in [3.05, 3.63) is 0 Å². The van der Waals surface area contributed by atoms with Gasteiger partial charge in [-0.15, -0.1) is 11.6 Å². The summed E-state index contributed by atoms with van der Waals surface area (Å²) in [7, 11) is 0. The molecular formula is C5H4ClF3O2. The molecule has 0 fully saturated rings. The van der Waals surface area contributed by atoms with E-state index in [9.17, 15) is 22.8 Å². The first-order chi connectivity index (χ1) is 4.76. The van der Waals surface area contributed by atoms with Crippen LogP contribution in [-0.4, -0.2) is 23.1 Å². The molecular weight excluding hydrogens is 184 g/mol. The first-order valence-corrected chi connectivity index (χ1v) is 2.96. The van der Waals surface area contributed by atoms with Crippen LogP contribution < -0.4 is 0 Å². The van der Waals surface area contributed by atoms with E-state index < -0.39 is 23.1 Å². The van der Waals surface area contributed by atoms with Gasteiger partial charge in [0.2, 0.25) is 0 Å². The summed E-state index contributed by atoms with van der Waals surface area (Å²) >= 11 is 4.83. The average molecular weight is 189 g/mol. The Morgan fingerprint density at radius 2 is 1.73 bits per heavy atom. The number of carbonyl (C=O) groups excluding carboxylic acids is 2. The highest BCUT2D eigenvalue weighted by Crippen LogP contribution is 2.20. The number of alkyl halides is 4. The van der Waals surface area contributed by atoms with Gasteiger partial charge in [0.15, 0.2) is 11.2 Å². The normalized spacial score (nSPS) is 14.3. The maximum Gasteiger partial charge on any atom is 0.452 e. The quantitative estimate of drug-likeness (QED) is 0.484. The highest BCUT2D eigenvalue weighted by Gasteiger charge is 2.44. The summed E-state index contributed by atoms with van der Waals surface area (Å²) in [6.45, 7) is 0.821. The Morgan fingerprint density at radius 1 is 1.36 bits per heavy atom. The van der Waals surface area contributed by atoms with Crippen LogP contribution in [0.3, 0.4) is 0 Å². The molecule has 0 aliphatic rings. The smallest absolute Gasteiger partial charge is 0.298 e. The number of hydrogen-bond donors (Lipinski definition) is 0. The predicted molar refractivity (Wildman–Crippen MR) is 31.4 cm³/mol. The third kappa shape index (κ3) is 2.88. The van der Waals surface area contributed by atoms with Crippen LogP contribution in [0, 0.1) is 0 Å². The average Bonchev–Trinajstić information content (AvgIpc) is 1.82. The number of hydrogen-bond acceptors (Lipinski definition) is 2. The highest BCUT2D eigenvalue weighted by atomic mass is 35.5. The Balaban J connectivity index is 4.39. The van der Waals surface area contributed by atoms with Gasteiger partial charge in [0.1, 0.15) is 0 Å². The maximum atomic E-state index is 11.5. The molecule has 0 aromatic heterocycles. The highest BCUT2D eigenvalue weighted by molar-refractivity contribution is 6.42. The molecule has 0 aliphatic carbocycles. The van der Waals surface area contributed by atoms with E-state index in [-0.39, 0.29) is 0 Å². The molecule has 0 aliphatic heterocycles. The van der Waals surface area contributed by atoms with Gasteiger partial charge in [0.05, 0.1) is 0 Å². The number of carbonyl (C=O) groups is 2. The molecule has 0 spiro atoms. The van der Waals surface area contributed by atoms with E-state index in [2.05, 4.69) is 0 Å². The third-order valence-corrected chi connectivity index (χ3v) is 1.37. The molecule has 0 amide bonds. The van der Waals surface area contributed by atoms with Gasteiger partial charge in [-0.2, -0.15) is 13.2 Å². The van der Waals surface area contributed by atoms with Crippen LogP contribution in [0.25, 0.3) is 0 Å². The fraction of sp³-hybridized carbons (Fsp3) is 0.600. The summed E-state index contributed by atoms with van der Waals surface area (Å²) in [6, 6.07) is 0. The molecule has 2 nitrogen and oxygen atoms in total. The van der Waals surface area contributed by atoms with E-state index in [1.807, 2.05) is 0 Å². The molecule has 64 valence electrons. The maximum absolute atomic E-state index is 11.5. The second-order valence-electron chi connectivity index (χ2n) is 1.84. The van der Waals surface area contributed by atoms with Crippen molar-refractivity contribution in [2.24, 2.45) is 0 Å². The van der Waals surface area contributed by atoms with E-state index >= 15 is 0 Å². The molecule has 0 aromatic carbocycles. The van der Waals surface area contributed by atoms with Gasteiger partial charge >= 0.3 is 6.18 Å². The second kappa shape index (κ2) is 3.21. The molecule has 1 atom stereocenters. The molecule has 0 unspecified atom stereocenters. The summed E-state index contributed by atoms with van der Waals surface area (Å²) in [4.78, 5) is 20.3. The number of ketones is 2. The van der Waals surface area contributed by atoms with E-state index in [0.717, 1.165) is 6.92 Å². The van der Waals surface area contributed by atoms with E-state index in [1.54, 1.807) is 0 Å². The zero-order chi connectivity index (χ0) is 9.23. The minimum Gasteiger partial charge on any atom is -0.298 e. The van der Waals surface area contributed by atoms with E-state index in [4.69, 9.17) is 11.6 Å². The van der Waals surface area contributed by atoms with Gasteiger partial charge < -0.3 is 0 Å². The summed E-state index contributed by atoms with van der Waals surface area (Å²) in [5, 5.41) is -2.10. The molecule has 0 rings (SSSR count). The molecule has 0 heterocycles. The van der Waals surface area contributed by atoms with Gasteiger partial charge in [-0.3, -0.25) is 9.59 Å². The van der Waals surface area contributed by atoms with Crippen LogP contribution in [0.4, 0.5) is 13.2 Å². The van der Waals surface area contributed by atoms with Crippen LogP contribution in [0.5, 0.6) is 0 Å². The third-order valence-electron chi connectivity index (χ3n) is 0.866. The molecule has 0 saturated heterocycles. The minimum absolute atomic E-state index is 0.821. The lowest BCUT2D eigenvalue weighted by atomic mass is 10.2. The zero-order valence-electron chi connectivity index (χ0n) is 5.41. The van der Waals surface area contributed by atoms with Gasteiger partial charge in [-0.05, 0) is 6.92 Å².